The quantitative estimate of drug-likeness (QED) is 0.231. The highest BCUT2D eigenvalue weighted by atomic mass is 79.9. The van der Waals surface area contributed by atoms with Crippen LogP contribution in [-0.2, 0) is 11.3 Å². The first-order chi connectivity index (χ1) is 13.5. The largest absolute Gasteiger partial charge is 0.446 e. The number of benzene rings is 1. The first kappa shape index (κ1) is 19.8. The van der Waals surface area contributed by atoms with Crippen LogP contribution in [-0.4, -0.2) is 31.3 Å². The van der Waals surface area contributed by atoms with Gasteiger partial charge in [-0.15, -0.1) is 16.8 Å². The van der Waals surface area contributed by atoms with Crippen molar-refractivity contribution in [2.75, 3.05) is 11.1 Å². The molecule has 0 unspecified atom stereocenters. The van der Waals surface area contributed by atoms with Crippen LogP contribution in [0.2, 0.25) is 0 Å². The molecule has 1 amide bonds. The van der Waals surface area contributed by atoms with Crippen molar-refractivity contribution in [2.45, 2.75) is 11.7 Å². The number of furan rings is 1. The highest BCUT2D eigenvalue weighted by molar-refractivity contribution is 9.10. The van der Waals surface area contributed by atoms with Gasteiger partial charge in [-0.3, -0.25) is 19.5 Å². The molecule has 0 fully saturated rings. The van der Waals surface area contributed by atoms with Gasteiger partial charge < -0.3 is 9.73 Å². The minimum Gasteiger partial charge on any atom is -0.446 e. The molecule has 0 aliphatic heterocycles. The number of nitrogens with zero attached hydrogens (tertiary/aromatic N) is 4. The second kappa shape index (κ2) is 8.85. The topological polar surface area (TPSA) is 116 Å². The van der Waals surface area contributed by atoms with Gasteiger partial charge in [0.2, 0.25) is 11.7 Å². The third-order valence-electron chi connectivity index (χ3n) is 3.52. The Morgan fingerprint density at radius 3 is 2.68 bits per heavy atom. The fourth-order valence-corrected chi connectivity index (χ4v) is 3.35. The lowest BCUT2D eigenvalue weighted by atomic mass is 10.3. The molecule has 28 heavy (non-hydrogen) atoms. The van der Waals surface area contributed by atoms with Crippen LogP contribution < -0.4 is 5.32 Å². The molecule has 2 heterocycles. The molecule has 3 rings (SSSR count). The molecule has 9 nitrogen and oxygen atoms in total. The van der Waals surface area contributed by atoms with Crippen molar-refractivity contribution < 1.29 is 14.1 Å². The summed E-state index contributed by atoms with van der Waals surface area (Å²) < 4.78 is 7.89. The summed E-state index contributed by atoms with van der Waals surface area (Å²) in [5, 5.41) is 22.2. The number of non-ortho nitro benzene ring substituents is 1. The fourth-order valence-electron chi connectivity index (χ4n) is 2.30. The Balaban J connectivity index is 1.66. The molecular weight excluding hydrogens is 450 g/mol. The Morgan fingerprint density at radius 1 is 1.32 bits per heavy atom. The van der Waals surface area contributed by atoms with Crippen molar-refractivity contribution in [3.8, 4) is 11.6 Å². The normalized spacial score (nSPS) is 10.6. The maximum atomic E-state index is 12.2. The number of hydrogen-bond acceptors (Lipinski definition) is 7. The van der Waals surface area contributed by atoms with Crippen LogP contribution in [0.1, 0.15) is 0 Å². The molecule has 3 aromatic rings. The summed E-state index contributed by atoms with van der Waals surface area (Å²) in [6, 6.07) is 9.15. The number of carbonyl (C=O) groups excluding carboxylic acids is 1. The van der Waals surface area contributed by atoms with Crippen molar-refractivity contribution >= 4 is 45.0 Å². The third kappa shape index (κ3) is 4.67. The van der Waals surface area contributed by atoms with Crippen LogP contribution in [0.4, 0.5) is 11.4 Å². The lowest BCUT2D eigenvalue weighted by Gasteiger charge is -2.07. The maximum Gasteiger partial charge on any atom is 0.269 e. The summed E-state index contributed by atoms with van der Waals surface area (Å²) in [5.74, 6) is 0.898. The van der Waals surface area contributed by atoms with Crippen LogP contribution in [0, 0.1) is 10.1 Å². The second-order valence-electron chi connectivity index (χ2n) is 5.45. The summed E-state index contributed by atoms with van der Waals surface area (Å²) in [6.07, 6.45) is 1.70. The number of nitro groups is 1. The Hall–Kier alpha value is -2.92. The molecule has 11 heteroatoms. The van der Waals surface area contributed by atoms with Crippen LogP contribution in [0.15, 0.2) is 63.3 Å². The summed E-state index contributed by atoms with van der Waals surface area (Å²) in [5.41, 5.74) is 0.437. The van der Waals surface area contributed by atoms with Gasteiger partial charge in [-0.1, -0.05) is 17.8 Å². The summed E-state index contributed by atoms with van der Waals surface area (Å²) in [7, 11) is 0. The molecule has 0 spiro atoms. The Kier molecular flexibility index (Phi) is 6.26. The number of halogens is 1. The van der Waals surface area contributed by atoms with Crippen molar-refractivity contribution in [1.82, 2.24) is 14.8 Å². The molecule has 2 aromatic heterocycles. The Morgan fingerprint density at radius 2 is 2.07 bits per heavy atom. The standard InChI is InChI=1S/C17H14BrN5O4S/c1-2-9-22-16(13-7-8-14(18)27-13)20-21-17(22)28-10-15(24)19-11-3-5-12(6-4-11)23(25)26/h2-8H,1,9-10H2,(H,19,24). The minimum absolute atomic E-state index is 0.0398. The van der Waals surface area contributed by atoms with Gasteiger partial charge in [0.15, 0.2) is 15.6 Å². The molecule has 0 aliphatic rings. The molecule has 0 saturated heterocycles. The number of carbonyl (C=O) groups is 1. The number of aromatic nitrogens is 3. The van der Waals surface area contributed by atoms with E-state index in [-0.39, 0.29) is 17.3 Å². The van der Waals surface area contributed by atoms with Gasteiger partial charge in [0.25, 0.3) is 5.69 Å². The monoisotopic (exact) mass is 463 g/mol. The predicted molar refractivity (Wildman–Crippen MR) is 108 cm³/mol. The summed E-state index contributed by atoms with van der Waals surface area (Å²) in [6.45, 7) is 4.19. The Labute approximate surface area is 172 Å². The van der Waals surface area contributed by atoms with Crippen molar-refractivity contribution in [2.24, 2.45) is 0 Å². The summed E-state index contributed by atoms with van der Waals surface area (Å²) in [4.78, 5) is 22.4. The van der Waals surface area contributed by atoms with E-state index in [2.05, 4.69) is 38.0 Å². The average molecular weight is 464 g/mol. The van der Waals surface area contributed by atoms with Gasteiger partial charge in [0.1, 0.15) is 0 Å². The van der Waals surface area contributed by atoms with Crippen molar-refractivity contribution in [3.05, 3.63) is 63.8 Å². The number of amides is 1. The predicted octanol–water partition coefficient (Wildman–Crippen LogP) is 4.13. The van der Waals surface area contributed by atoms with E-state index >= 15 is 0 Å². The van der Waals surface area contributed by atoms with Gasteiger partial charge in [-0.25, -0.2) is 0 Å². The van der Waals surface area contributed by atoms with Gasteiger partial charge in [-0.2, -0.15) is 0 Å². The molecule has 0 saturated carbocycles. The zero-order chi connectivity index (χ0) is 20.1. The van der Waals surface area contributed by atoms with E-state index in [0.29, 0.717) is 33.6 Å². The van der Waals surface area contributed by atoms with E-state index < -0.39 is 4.92 Å². The van der Waals surface area contributed by atoms with E-state index in [1.54, 1.807) is 22.8 Å². The first-order valence-electron chi connectivity index (χ1n) is 7.95. The zero-order valence-corrected chi connectivity index (χ0v) is 16.8. The zero-order valence-electron chi connectivity index (χ0n) is 14.4. The summed E-state index contributed by atoms with van der Waals surface area (Å²) >= 11 is 4.47. The number of thioether (sulfide) groups is 1. The Bertz CT molecular complexity index is 1010. The van der Waals surface area contributed by atoms with Gasteiger partial charge >= 0.3 is 0 Å². The molecule has 1 aromatic carbocycles. The van der Waals surface area contributed by atoms with E-state index in [4.69, 9.17) is 4.42 Å². The van der Waals surface area contributed by atoms with Crippen LogP contribution in [0.5, 0.6) is 0 Å². The third-order valence-corrected chi connectivity index (χ3v) is 4.91. The van der Waals surface area contributed by atoms with Gasteiger partial charge in [0.05, 0.1) is 10.7 Å². The van der Waals surface area contributed by atoms with E-state index in [9.17, 15) is 14.9 Å². The molecule has 1 N–H and O–H groups in total. The number of nitrogens with one attached hydrogen (secondary N) is 1. The lowest BCUT2D eigenvalue weighted by molar-refractivity contribution is -0.384. The molecular formula is C17H14BrN5O4S. The number of allylic oxidation sites excluding steroid dienone is 1. The van der Waals surface area contributed by atoms with E-state index in [1.807, 2.05) is 0 Å². The van der Waals surface area contributed by atoms with Crippen LogP contribution >= 0.6 is 27.7 Å². The lowest BCUT2D eigenvalue weighted by Crippen LogP contribution is -2.14. The molecule has 0 bridgehead atoms. The first-order valence-corrected chi connectivity index (χ1v) is 9.72. The SMILES string of the molecule is C=CCn1c(SCC(=O)Nc2ccc([N+](=O)[O-])cc2)nnc1-c1ccc(Br)o1. The molecule has 0 aliphatic carbocycles. The van der Waals surface area contributed by atoms with E-state index in [1.165, 1.54) is 36.0 Å². The smallest absolute Gasteiger partial charge is 0.269 e. The van der Waals surface area contributed by atoms with E-state index in [0.717, 1.165) is 0 Å². The van der Waals surface area contributed by atoms with Crippen molar-refractivity contribution in [3.63, 3.8) is 0 Å². The molecule has 0 radical (unpaired) electrons. The average Bonchev–Trinajstić information content (AvgIpc) is 3.27. The number of nitro benzene ring substituents is 1. The van der Waals surface area contributed by atoms with Crippen LogP contribution in [0.3, 0.4) is 0 Å². The number of hydrogen-bond donors (Lipinski definition) is 1. The number of anilines is 1. The van der Waals surface area contributed by atoms with Crippen LogP contribution in [0.25, 0.3) is 11.6 Å². The van der Waals surface area contributed by atoms with Gasteiger partial charge in [0, 0.05) is 24.4 Å². The number of rotatable bonds is 8. The van der Waals surface area contributed by atoms with Gasteiger partial charge in [-0.05, 0) is 40.2 Å². The highest BCUT2D eigenvalue weighted by Crippen LogP contribution is 2.27. The minimum atomic E-state index is -0.497. The maximum absolute atomic E-state index is 12.2. The molecule has 0 atom stereocenters. The highest BCUT2D eigenvalue weighted by Gasteiger charge is 2.17. The molecule has 144 valence electrons. The second-order valence-corrected chi connectivity index (χ2v) is 7.17. The van der Waals surface area contributed by atoms with Crippen molar-refractivity contribution in [1.29, 1.82) is 0 Å². The fraction of sp³-hybridized carbons (Fsp3) is 0.118.